The number of hydrogen-bond acceptors (Lipinski definition) is 3. The van der Waals surface area contributed by atoms with Gasteiger partial charge in [0.2, 0.25) is 0 Å². The Balaban J connectivity index is 1.87. The first-order chi connectivity index (χ1) is 6.77. The highest BCUT2D eigenvalue weighted by Gasteiger charge is 2.27. The van der Waals surface area contributed by atoms with Crippen LogP contribution in [0.15, 0.2) is 18.3 Å². The van der Waals surface area contributed by atoms with Crippen molar-refractivity contribution in [3.05, 3.63) is 23.9 Å². The first-order valence-electron chi connectivity index (χ1n) is 5.22. The first-order valence-corrected chi connectivity index (χ1v) is 5.22. The number of aromatic nitrogens is 1. The summed E-state index contributed by atoms with van der Waals surface area (Å²) in [5.41, 5.74) is 12.9. The number of rotatable bonds is 4. The molecule has 76 valence electrons. The molecule has 1 fully saturated rings. The van der Waals surface area contributed by atoms with Crippen LogP contribution in [0.5, 0.6) is 0 Å². The fraction of sp³-hybridized carbons (Fsp3) is 0.545. The highest BCUT2D eigenvalue weighted by atomic mass is 14.8. The van der Waals surface area contributed by atoms with E-state index < -0.39 is 0 Å². The molecule has 1 aliphatic rings. The first kappa shape index (κ1) is 9.46. The predicted molar refractivity (Wildman–Crippen MR) is 57.7 cm³/mol. The van der Waals surface area contributed by atoms with Gasteiger partial charge in [-0.05, 0) is 43.2 Å². The van der Waals surface area contributed by atoms with Crippen LogP contribution in [0.4, 0.5) is 5.82 Å². The third-order valence-corrected chi connectivity index (χ3v) is 2.90. The van der Waals surface area contributed by atoms with Gasteiger partial charge in [0, 0.05) is 12.2 Å². The van der Waals surface area contributed by atoms with Crippen LogP contribution in [0.2, 0.25) is 0 Å². The lowest BCUT2D eigenvalue weighted by Crippen LogP contribution is -2.23. The van der Waals surface area contributed by atoms with Crippen molar-refractivity contribution in [2.24, 2.45) is 11.7 Å². The molecule has 0 bridgehead atoms. The van der Waals surface area contributed by atoms with Crippen molar-refractivity contribution in [1.29, 1.82) is 0 Å². The summed E-state index contributed by atoms with van der Waals surface area (Å²) in [5, 5.41) is 0. The van der Waals surface area contributed by atoms with Crippen LogP contribution < -0.4 is 11.5 Å². The molecule has 0 saturated heterocycles. The predicted octanol–water partition coefficient (Wildman–Crippen LogP) is 1.33. The molecule has 0 radical (unpaired) electrons. The maximum absolute atomic E-state index is 6.02. The summed E-state index contributed by atoms with van der Waals surface area (Å²) in [6, 6.07) is 4.31. The zero-order chi connectivity index (χ0) is 9.97. The number of pyridine rings is 1. The van der Waals surface area contributed by atoms with Crippen molar-refractivity contribution in [3.8, 4) is 0 Å². The molecule has 1 heterocycles. The lowest BCUT2D eigenvalue weighted by atomic mass is 10.0. The van der Waals surface area contributed by atoms with Gasteiger partial charge in [-0.25, -0.2) is 4.98 Å². The van der Waals surface area contributed by atoms with Crippen LogP contribution in [0.3, 0.4) is 0 Å². The Hall–Kier alpha value is -1.09. The maximum atomic E-state index is 6.02. The van der Waals surface area contributed by atoms with Gasteiger partial charge in [-0.15, -0.1) is 0 Å². The Morgan fingerprint density at radius 2 is 2.29 bits per heavy atom. The fourth-order valence-electron chi connectivity index (χ4n) is 1.74. The van der Waals surface area contributed by atoms with Crippen LogP contribution >= 0.6 is 0 Å². The third kappa shape index (κ3) is 2.23. The standard InChI is InChI=1S/C11H17N3/c12-10(8-3-4-8)6-5-9-2-1-7-14-11(9)13/h1-2,7-8,10H,3-6,12H2,(H2,13,14). The van der Waals surface area contributed by atoms with Gasteiger partial charge in [0.1, 0.15) is 5.82 Å². The summed E-state index contributed by atoms with van der Waals surface area (Å²) in [6.45, 7) is 0. The average Bonchev–Trinajstić information content (AvgIpc) is 2.99. The number of nitrogens with two attached hydrogens (primary N) is 2. The van der Waals surface area contributed by atoms with Crippen LogP contribution in [0.25, 0.3) is 0 Å². The SMILES string of the molecule is Nc1ncccc1CCC(N)C1CC1. The molecule has 3 nitrogen and oxygen atoms in total. The molecule has 3 heteroatoms. The molecular formula is C11H17N3. The van der Waals surface area contributed by atoms with E-state index in [0.29, 0.717) is 11.9 Å². The average molecular weight is 191 g/mol. The minimum Gasteiger partial charge on any atom is -0.383 e. The highest BCUT2D eigenvalue weighted by Crippen LogP contribution is 2.33. The second kappa shape index (κ2) is 3.96. The van der Waals surface area contributed by atoms with Gasteiger partial charge in [-0.3, -0.25) is 0 Å². The second-order valence-corrected chi connectivity index (χ2v) is 4.09. The quantitative estimate of drug-likeness (QED) is 0.754. The van der Waals surface area contributed by atoms with Crippen molar-refractivity contribution < 1.29 is 0 Å². The van der Waals surface area contributed by atoms with Crippen LogP contribution in [0.1, 0.15) is 24.8 Å². The largest absolute Gasteiger partial charge is 0.383 e. The molecular weight excluding hydrogens is 174 g/mol. The minimum absolute atomic E-state index is 0.356. The summed E-state index contributed by atoms with van der Waals surface area (Å²) < 4.78 is 0. The Kier molecular flexibility index (Phi) is 2.68. The summed E-state index contributed by atoms with van der Waals surface area (Å²) in [7, 11) is 0. The van der Waals surface area contributed by atoms with Gasteiger partial charge in [-0.2, -0.15) is 0 Å². The molecule has 0 spiro atoms. The molecule has 1 atom stereocenters. The Morgan fingerprint density at radius 3 is 2.93 bits per heavy atom. The monoisotopic (exact) mass is 191 g/mol. The molecule has 4 N–H and O–H groups in total. The molecule has 0 amide bonds. The van der Waals surface area contributed by atoms with Crippen molar-refractivity contribution in [2.45, 2.75) is 31.7 Å². The Bertz CT molecular complexity index is 307. The molecule has 14 heavy (non-hydrogen) atoms. The zero-order valence-corrected chi connectivity index (χ0v) is 8.32. The van der Waals surface area contributed by atoms with E-state index in [-0.39, 0.29) is 0 Å². The van der Waals surface area contributed by atoms with Gasteiger partial charge < -0.3 is 11.5 Å². The number of hydrogen-bond donors (Lipinski definition) is 2. The lowest BCUT2D eigenvalue weighted by Gasteiger charge is -2.10. The van der Waals surface area contributed by atoms with E-state index >= 15 is 0 Å². The van der Waals surface area contributed by atoms with E-state index in [1.165, 1.54) is 12.8 Å². The van der Waals surface area contributed by atoms with E-state index in [9.17, 15) is 0 Å². The summed E-state index contributed by atoms with van der Waals surface area (Å²) in [6.07, 6.45) is 6.32. The van der Waals surface area contributed by atoms with E-state index in [0.717, 1.165) is 24.3 Å². The van der Waals surface area contributed by atoms with Crippen LogP contribution in [-0.4, -0.2) is 11.0 Å². The molecule has 1 saturated carbocycles. The van der Waals surface area contributed by atoms with Crippen molar-refractivity contribution in [3.63, 3.8) is 0 Å². The fourth-order valence-corrected chi connectivity index (χ4v) is 1.74. The number of nitrogen functional groups attached to an aromatic ring is 1. The smallest absolute Gasteiger partial charge is 0.126 e. The molecule has 1 aromatic rings. The van der Waals surface area contributed by atoms with E-state index in [1.807, 2.05) is 12.1 Å². The van der Waals surface area contributed by atoms with E-state index in [4.69, 9.17) is 11.5 Å². The third-order valence-electron chi connectivity index (χ3n) is 2.90. The van der Waals surface area contributed by atoms with Gasteiger partial charge in [0.05, 0.1) is 0 Å². The molecule has 1 unspecified atom stereocenters. The normalized spacial score (nSPS) is 18.1. The van der Waals surface area contributed by atoms with Crippen LogP contribution in [-0.2, 0) is 6.42 Å². The van der Waals surface area contributed by atoms with Crippen LogP contribution in [0, 0.1) is 5.92 Å². The zero-order valence-electron chi connectivity index (χ0n) is 8.32. The van der Waals surface area contributed by atoms with Crippen molar-refractivity contribution >= 4 is 5.82 Å². The van der Waals surface area contributed by atoms with Gasteiger partial charge in [-0.1, -0.05) is 6.07 Å². The second-order valence-electron chi connectivity index (χ2n) is 4.09. The van der Waals surface area contributed by atoms with Gasteiger partial charge >= 0.3 is 0 Å². The van der Waals surface area contributed by atoms with E-state index in [1.54, 1.807) is 6.20 Å². The Morgan fingerprint density at radius 1 is 1.50 bits per heavy atom. The lowest BCUT2D eigenvalue weighted by molar-refractivity contribution is 0.550. The van der Waals surface area contributed by atoms with E-state index in [2.05, 4.69) is 4.98 Å². The minimum atomic E-state index is 0.356. The maximum Gasteiger partial charge on any atom is 0.126 e. The summed E-state index contributed by atoms with van der Waals surface area (Å²) in [5.74, 6) is 1.42. The molecule has 2 rings (SSSR count). The van der Waals surface area contributed by atoms with Crippen molar-refractivity contribution in [2.75, 3.05) is 5.73 Å². The molecule has 1 aromatic heterocycles. The number of anilines is 1. The summed E-state index contributed by atoms with van der Waals surface area (Å²) >= 11 is 0. The van der Waals surface area contributed by atoms with Crippen molar-refractivity contribution in [1.82, 2.24) is 4.98 Å². The molecule has 0 aromatic carbocycles. The molecule has 0 aliphatic heterocycles. The van der Waals surface area contributed by atoms with Gasteiger partial charge in [0.15, 0.2) is 0 Å². The number of aryl methyl sites for hydroxylation is 1. The highest BCUT2D eigenvalue weighted by molar-refractivity contribution is 5.38. The van der Waals surface area contributed by atoms with Gasteiger partial charge in [0.25, 0.3) is 0 Å². The number of nitrogens with zero attached hydrogens (tertiary/aromatic N) is 1. The summed E-state index contributed by atoms with van der Waals surface area (Å²) in [4.78, 5) is 4.05. The molecule has 1 aliphatic carbocycles. The topological polar surface area (TPSA) is 64.9 Å². The Labute approximate surface area is 84.5 Å².